The Morgan fingerprint density at radius 2 is 1.65 bits per heavy atom. The van der Waals surface area contributed by atoms with Crippen LogP contribution in [-0.4, -0.2) is 60.5 Å². The van der Waals surface area contributed by atoms with Crippen molar-refractivity contribution < 1.29 is 14.3 Å². The Labute approximate surface area is 139 Å². The molecule has 0 bridgehead atoms. The number of ether oxygens (including phenoxy) is 1. The third-order valence-corrected chi connectivity index (χ3v) is 5.70. The van der Waals surface area contributed by atoms with Crippen molar-refractivity contribution in [1.29, 1.82) is 0 Å². The van der Waals surface area contributed by atoms with E-state index in [9.17, 15) is 9.59 Å². The van der Waals surface area contributed by atoms with Crippen molar-refractivity contribution in [3.05, 3.63) is 0 Å². The largest absolute Gasteiger partial charge is 0.368 e. The summed E-state index contributed by atoms with van der Waals surface area (Å²) in [5.74, 6) is 1.87. The predicted octanol–water partition coefficient (Wildman–Crippen LogP) is 1.91. The zero-order valence-corrected chi connectivity index (χ0v) is 14.5. The van der Waals surface area contributed by atoms with Gasteiger partial charge in [0, 0.05) is 32.1 Å². The number of hydrogen-bond donors (Lipinski definition) is 0. The Morgan fingerprint density at radius 1 is 1.00 bits per heavy atom. The summed E-state index contributed by atoms with van der Waals surface area (Å²) < 4.78 is 5.83. The summed E-state index contributed by atoms with van der Waals surface area (Å²) >= 11 is 0. The SMILES string of the molecule is C[C@@H]1CCC[C@H](OCC(=O)N2CCN(C(=O)[C@H]3C[C@@H]3C)CC2)C1. The van der Waals surface area contributed by atoms with Gasteiger partial charge in [-0.2, -0.15) is 0 Å². The maximum absolute atomic E-state index is 12.3. The number of amides is 2. The van der Waals surface area contributed by atoms with Crippen LogP contribution in [0.25, 0.3) is 0 Å². The highest BCUT2D eigenvalue weighted by Crippen LogP contribution is 2.39. The molecule has 3 fully saturated rings. The molecular formula is C18H30N2O3. The van der Waals surface area contributed by atoms with Crippen LogP contribution in [-0.2, 0) is 14.3 Å². The lowest BCUT2D eigenvalue weighted by Gasteiger charge is -2.35. The van der Waals surface area contributed by atoms with E-state index in [1.54, 1.807) is 0 Å². The van der Waals surface area contributed by atoms with Crippen molar-refractivity contribution in [3.63, 3.8) is 0 Å². The average molecular weight is 322 g/mol. The molecule has 0 unspecified atom stereocenters. The Morgan fingerprint density at radius 3 is 2.26 bits per heavy atom. The van der Waals surface area contributed by atoms with Gasteiger partial charge in [-0.3, -0.25) is 9.59 Å². The highest BCUT2D eigenvalue weighted by molar-refractivity contribution is 5.82. The minimum absolute atomic E-state index is 0.0788. The first-order valence-electron chi connectivity index (χ1n) is 9.22. The molecule has 0 radical (unpaired) electrons. The van der Waals surface area contributed by atoms with Crippen molar-refractivity contribution >= 4 is 11.8 Å². The van der Waals surface area contributed by atoms with Gasteiger partial charge < -0.3 is 14.5 Å². The number of carbonyl (C=O) groups is 2. The van der Waals surface area contributed by atoms with Crippen molar-refractivity contribution in [1.82, 2.24) is 9.80 Å². The summed E-state index contributed by atoms with van der Waals surface area (Å²) in [6.07, 6.45) is 5.94. The first kappa shape index (κ1) is 16.7. The quantitative estimate of drug-likeness (QED) is 0.794. The second-order valence-electron chi connectivity index (χ2n) is 7.73. The molecule has 4 atom stereocenters. The van der Waals surface area contributed by atoms with Crippen molar-refractivity contribution in [2.45, 2.75) is 52.1 Å². The van der Waals surface area contributed by atoms with Gasteiger partial charge in [-0.05, 0) is 31.1 Å². The fourth-order valence-electron chi connectivity index (χ4n) is 3.89. The maximum atomic E-state index is 12.3. The molecule has 2 saturated carbocycles. The van der Waals surface area contributed by atoms with E-state index in [1.807, 2.05) is 9.80 Å². The molecule has 1 saturated heterocycles. The minimum Gasteiger partial charge on any atom is -0.368 e. The molecule has 130 valence electrons. The van der Waals surface area contributed by atoms with Crippen LogP contribution in [0.1, 0.15) is 46.0 Å². The van der Waals surface area contributed by atoms with Crippen LogP contribution >= 0.6 is 0 Å². The van der Waals surface area contributed by atoms with E-state index < -0.39 is 0 Å². The molecule has 0 N–H and O–H groups in total. The Bertz CT molecular complexity index is 446. The van der Waals surface area contributed by atoms with Crippen LogP contribution in [0, 0.1) is 17.8 Å². The smallest absolute Gasteiger partial charge is 0.248 e. The van der Waals surface area contributed by atoms with Gasteiger partial charge in [0.25, 0.3) is 0 Å². The zero-order chi connectivity index (χ0) is 16.4. The third kappa shape index (κ3) is 4.25. The molecule has 1 heterocycles. The van der Waals surface area contributed by atoms with Gasteiger partial charge in [0.1, 0.15) is 6.61 Å². The van der Waals surface area contributed by atoms with Gasteiger partial charge in [-0.15, -0.1) is 0 Å². The van der Waals surface area contributed by atoms with E-state index >= 15 is 0 Å². The minimum atomic E-state index is 0.0788. The first-order chi connectivity index (χ1) is 11.0. The van der Waals surface area contributed by atoms with Crippen molar-refractivity contribution in [2.75, 3.05) is 32.8 Å². The fraction of sp³-hybridized carbons (Fsp3) is 0.889. The molecule has 3 aliphatic rings. The van der Waals surface area contributed by atoms with Crippen LogP contribution in [0.15, 0.2) is 0 Å². The maximum Gasteiger partial charge on any atom is 0.248 e. The molecule has 23 heavy (non-hydrogen) atoms. The number of rotatable bonds is 4. The van der Waals surface area contributed by atoms with Gasteiger partial charge >= 0.3 is 0 Å². The number of piperazine rings is 1. The van der Waals surface area contributed by atoms with Crippen LogP contribution in [0.4, 0.5) is 0 Å². The number of carbonyl (C=O) groups excluding carboxylic acids is 2. The molecule has 3 rings (SSSR count). The van der Waals surface area contributed by atoms with Crippen LogP contribution in [0.5, 0.6) is 0 Å². The topological polar surface area (TPSA) is 49.9 Å². The van der Waals surface area contributed by atoms with E-state index in [0.29, 0.717) is 38.0 Å². The lowest BCUT2D eigenvalue weighted by atomic mass is 9.89. The Balaban J connectivity index is 1.37. The summed E-state index contributed by atoms with van der Waals surface area (Å²) in [5, 5.41) is 0. The third-order valence-electron chi connectivity index (χ3n) is 5.70. The van der Waals surface area contributed by atoms with E-state index in [2.05, 4.69) is 13.8 Å². The molecule has 2 aliphatic carbocycles. The lowest BCUT2D eigenvalue weighted by Crippen LogP contribution is -2.52. The Hall–Kier alpha value is -1.10. The summed E-state index contributed by atoms with van der Waals surface area (Å²) in [4.78, 5) is 28.3. The van der Waals surface area contributed by atoms with Gasteiger partial charge in [-0.1, -0.05) is 26.7 Å². The lowest BCUT2D eigenvalue weighted by molar-refractivity contribution is -0.145. The molecule has 1 aliphatic heterocycles. The summed E-state index contributed by atoms with van der Waals surface area (Å²) in [6.45, 7) is 7.24. The second kappa shape index (κ2) is 7.20. The number of nitrogens with zero attached hydrogens (tertiary/aromatic N) is 2. The van der Waals surface area contributed by atoms with E-state index in [4.69, 9.17) is 4.74 Å². The van der Waals surface area contributed by atoms with Crippen LogP contribution in [0.3, 0.4) is 0 Å². The van der Waals surface area contributed by atoms with Crippen LogP contribution < -0.4 is 0 Å². The molecule has 5 heteroatoms. The summed E-state index contributed by atoms with van der Waals surface area (Å²) in [7, 11) is 0. The van der Waals surface area contributed by atoms with E-state index in [0.717, 1.165) is 19.3 Å². The second-order valence-corrected chi connectivity index (χ2v) is 7.73. The summed E-state index contributed by atoms with van der Waals surface area (Å²) in [6, 6.07) is 0. The van der Waals surface area contributed by atoms with E-state index in [1.165, 1.54) is 12.8 Å². The van der Waals surface area contributed by atoms with Gasteiger partial charge in [-0.25, -0.2) is 0 Å². The standard InChI is InChI=1S/C18H30N2O3/c1-13-4-3-5-15(10-13)23-12-17(21)19-6-8-20(9-7-19)18(22)16-11-14(16)2/h13-16H,3-12H2,1-2H3/t13-,14+,15+,16+/m1/s1. The van der Waals surface area contributed by atoms with E-state index in [-0.39, 0.29) is 30.4 Å². The molecule has 0 spiro atoms. The molecule has 0 aromatic heterocycles. The predicted molar refractivity (Wildman–Crippen MR) is 87.8 cm³/mol. The average Bonchev–Trinajstić information content (AvgIpc) is 3.29. The Kier molecular flexibility index (Phi) is 5.24. The molecule has 0 aromatic rings. The molecule has 2 amide bonds. The highest BCUT2D eigenvalue weighted by atomic mass is 16.5. The van der Waals surface area contributed by atoms with Crippen LogP contribution in [0.2, 0.25) is 0 Å². The molecule has 0 aromatic carbocycles. The highest BCUT2D eigenvalue weighted by Gasteiger charge is 2.42. The monoisotopic (exact) mass is 322 g/mol. The van der Waals surface area contributed by atoms with Gasteiger partial charge in [0.05, 0.1) is 6.10 Å². The molecular weight excluding hydrogens is 292 g/mol. The van der Waals surface area contributed by atoms with Crippen molar-refractivity contribution in [2.24, 2.45) is 17.8 Å². The number of hydrogen-bond acceptors (Lipinski definition) is 3. The van der Waals surface area contributed by atoms with Crippen molar-refractivity contribution in [3.8, 4) is 0 Å². The summed E-state index contributed by atoms with van der Waals surface area (Å²) in [5.41, 5.74) is 0. The fourth-order valence-corrected chi connectivity index (χ4v) is 3.89. The zero-order valence-electron chi connectivity index (χ0n) is 14.5. The normalized spacial score (nSPS) is 34.3. The van der Waals surface area contributed by atoms with Gasteiger partial charge in [0.15, 0.2) is 0 Å². The molecule has 5 nitrogen and oxygen atoms in total. The van der Waals surface area contributed by atoms with Gasteiger partial charge in [0.2, 0.25) is 11.8 Å². The first-order valence-corrected chi connectivity index (χ1v) is 9.22.